The highest BCUT2D eigenvalue weighted by Crippen LogP contribution is 2.11. The van der Waals surface area contributed by atoms with Gasteiger partial charge in [-0.15, -0.1) is 15.7 Å². The standard InChI is InChI=1S/C9H13NO3S2/c1-2-3-7-14-8-10-15(11,12)9-5-4-6-13-9/h4-6,14H,2-3,7H2,1H3. The Morgan fingerprint density at radius 2 is 2.40 bits per heavy atom. The van der Waals surface area contributed by atoms with Gasteiger partial charge in [0.05, 0.1) is 6.26 Å². The number of rotatable bonds is 5. The van der Waals surface area contributed by atoms with Gasteiger partial charge in [-0.3, -0.25) is 0 Å². The molecule has 0 N–H and O–H groups in total. The van der Waals surface area contributed by atoms with Gasteiger partial charge >= 0.3 is 10.0 Å². The normalized spacial score (nSPS) is 11.0. The van der Waals surface area contributed by atoms with Crippen molar-refractivity contribution in [2.24, 2.45) is 4.40 Å². The number of nitrogens with zero attached hydrogens (tertiary/aromatic N) is 1. The lowest BCUT2D eigenvalue weighted by atomic mass is 10.4. The van der Waals surface area contributed by atoms with Crippen LogP contribution in [-0.4, -0.2) is 19.3 Å². The van der Waals surface area contributed by atoms with Gasteiger partial charge < -0.3 is 4.42 Å². The van der Waals surface area contributed by atoms with Crippen LogP contribution in [0.25, 0.3) is 0 Å². The predicted octanol–water partition coefficient (Wildman–Crippen LogP) is 2.14. The first-order chi connectivity index (χ1) is 7.17. The van der Waals surface area contributed by atoms with E-state index in [0.717, 1.165) is 29.9 Å². The molecule has 15 heavy (non-hydrogen) atoms. The maximum Gasteiger partial charge on any atom is 0.323 e. The molecule has 0 radical (unpaired) electrons. The summed E-state index contributed by atoms with van der Waals surface area (Å²) in [5, 5.41) is 2.36. The number of thiol groups is 1. The van der Waals surface area contributed by atoms with E-state index in [1.165, 1.54) is 18.4 Å². The zero-order valence-corrected chi connectivity index (χ0v) is 10.1. The largest absolute Gasteiger partial charge is 0.451 e. The summed E-state index contributed by atoms with van der Waals surface area (Å²) in [6.07, 6.45) is 3.43. The van der Waals surface area contributed by atoms with E-state index in [4.69, 9.17) is 4.42 Å². The van der Waals surface area contributed by atoms with Gasteiger partial charge in [0.1, 0.15) is 0 Å². The lowest BCUT2D eigenvalue weighted by molar-refractivity contribution is 0.451. The van der Waals surface area contributed by atoms with E-state index in [1.807, 2.05) is 0 Å². The highest BCUT2D eigenvalue weighted by atomic mass is 32.2. The quantitative estimate of drug-likeness (QED) is 0.375. The van der Waals surface area contributed by atoms with Gasteiger partial charge in [0.15, 0.2) is 0 Å². The summed E-state index contributed by atoms with van der Waals surface area (Å²) in [6, 6.07) is 2.88. The fourth-order valence-corrected chi connectivity index (χ4v) is 2.58. The molecular formula is C9H13NO3S2. The molecule has 1 aromatic rings. The molecule has 0 bridgehead atoms. The summed E-state index contributed by atoms with van der Waals surface area (Å²) < 4.78 is 30.9. The number of hydrogen-bond donors (Lipinski definition) is 1. The molecule has 0 aliphatic heterocycles. The lowest BCUT2D eigenvalue weighted by Gasteiger charge is -1.88. The third-order valence-electron chi connectivity index (χ3n) is 1.60. The molecule has 1 heterocycles. The average molecular weight is 247 g/mol. The molecule has 4 nitrogen and oxygen atoms in total. The van der Waals surface area contributed by atoms with Gasteiger partial charge in [0, 0.05) is 5.16 Å². The van der Waals surface area contributed by atoms with Gasteiger partial charge in [-0.05, 0) is 24.3 Å². The molecule has 6 heteroatoms. The zero-order chi connectivity index (χ0) is 11.1. The smallest absolute Gasteiger partial charge is 0.323 e. The van der Waals surface area contributed by atoms with Crippen LogP contribution in [0.5, 0.6) is 0 Å². The fourth-order valence-electron chi connectivity index (χ4n) is 0.825. The summed E-state index contributed by atoms with van der Waals surface area (Å²) in [6.45, 7) is 2.08. The molecule has 0 saturated carbocycles. The first-order valence-electron chi connectivity index (χ1n) is 4.59. The van der Waals surface area contributed by atoms with Gasteiger partial charge in [0.2, 0.25) is 5.09 Å². The van der Waals surface area contributed by atoms with Crippen LogP contribution < -0.4 is 0 Å². The zero-order valence-electron chi connectivity index (χ0n) is 8.38. The van der Waals surface area contributed by atoms with Crippen LogP contribution in [0.1, 0.15) is 19.8 Å². The number of hydrogen-bond acceptors (Lipinski definition) is 3. The molecule has 0 aliphatic rings. The van der Waals surface area contributed by atoms with Gasteiger partial charge in [0.25, 0.3) is 0 Å². The summed E-state index contributed by atoms with van der Waals surface area (Å²) >= 11 is 0.797. The van der Waals surface area contributed by atoms with Crippen LogP contribution in [0.3, 0.4) is 0 Å². The third kappa shape index (κ3) is 4.03. The molecule has 0 saturated heterocycles. The summed E-state index contributed by atoms with van der Waals surface area (Å²) in [5.74, 6) is 0.883. The Bertz CT molecular complexity index is 442. The fraction of sp³-hybridized carbons (Fsp3) is 0.444. The van der Waals surface area contributed by atoms with Crippen LogP contribution in [0.2, 0.25) is 0 Å². The molecule has 1 aromatic heterocycles. The summed E-state index contributed by atoms with van der Waals surface area (Å²) in [7, 11) is -3.66. The summed E-state index contributed by atoms with van der Waals surface area (Å²) in [5.41, 5.74) is 0. The van der Waals surface area contributed by atoms with Crippen molar-refractivity contribution in [2.75, 3.05) is 5.75 Å². The van der Waals surface area contributed by atoms with Crippen molar-refractivity contribution < 1.29 is 12.8 Å². The van der Waals surface area contributed by atoms with E-state index in [9.17, 15) is 8.42 Å². The van der Waals surface area contributed by atoms with E-state index < -0.39 is 10.0 Å². The van der Waals surface area contributed by atoms with E-state index in [2.05, 4.69) is 16.5 Å². The Morgan fingerprint density at radius 3 is 3.00 bits per heavy atom. The van der Waals surface area contributed by atoms with Crippen molar-refractivity contribution in [3.05, 3.63) is 18.4 Å². The SMILES string of the molecule is CCCC[SH]=C=NS(=O)(=O)c1ccco1. The van der Waals surface area contributed by atoms with E-state index in [1.54, 1.807) is 0 Å². The Hall–Kier alpha value is -0.840. The predicted molar refractivity (Wildman–Crippen MR) is 62.1 cm³/mol. The minimum Gasteiger partial charge on any atom is -0.451 e. The topological polar surface area (TPSA) is 59.6 Å². The van der Waals surface area contributed by atoms with Crippen LogP contribution in [0, 0.1) is 0 Å². The first kappa shape index (κ1) is 12.2. The molecule has 1 rings (SSSR count). The Morgan fingerprint density at radius 1 is 1.60 bits per heavy atom. The van der Waals surface area contributed by atoms with Crippen molar-refractivity contribution in [1.82, 2.24) is 0 Å². The second kappa shape index (κ2) is 5.90. The molecule has 0 atom stereocenters. The number of unbranched alkanes of at least 4 members (excludes halogenated alkanes) is 1. The van der Waals surface area contributed by atoms with Gasteiger partial charge in [-0.2, -0.15) is 8.42 Å². The van der Waals surface area contributed by atoms with Gasteiger partial charge in [-0.1, -0.05) is 13.3 Å². The molecule has 0 amide bonds. The number of isothiocyanates is 1. The van der Waals surface area contributed by atoms with E-state index in [-0.39, 0.29) is 5.09 Å². The second-order valence-corrected chi connectivity index (χ2v) is 5.33. The van der Waals surface area contributed by atoms with E-state index >= 15 is 0 Å². The summed E-state index contributed by atoms with van der Waals surface area (Å²) in [4.78, 5) is 0. The third-order valence-corrected chi connectivity index (χ3v) is 3.59. The van der Waals surface area contributed by atoms with Crippen LogP contribution >= 0.6 is 11.4 Å². The molecule has 0 aromatic carbocycles. The van der Waals surface area contributed by atoms with Crippen molar-refractivity contribution in [3.63, 3.8) is 0 Å². The van der Waals surface area contributed by atoms with Crippen LogP contribution in [0.4, 0.5) is 0 Å². The average Bonchev–Trinajstić information content (AvgIpc) is 2.70. The monoisotopic (exact) mass is 247 g/mol. The van der Waals surface area contributed by atoms with Crippen molar-refractivity contribution >= 4 is 26.5 Å². The minimum absolute atomic E-state index is 0.138. The molecule has 0 spiro atoms. The minimum atomic E-state index is -3.66. The number of sulfonamides is 1. The number of furan rings is 1. The van der Waals surface area contributed by atoms with Crippen LogP contribution in [-0.2, 0) is 10.0 Å². The Balaban J connectivity index is 2.69. The molecule has 0 aliphatic carbocycles. The highest BCUT2D eigenvalue weighted by Gasteiger charge is 2.14. The van der Waals surface area contributed by atoms with Crippen molar-refractivity contribution in [3.8, 4) is 0 Å². The maximum absolute atomic E-state index is 11.4. The first-order valence-corrected chi connectivity index (χ1v) is 7.11. The molecule has 0 unspecified atom stereocenters. The highest BCUT2D eigenvalue weighted by molar-refractivity contribution is 7.98. The lowest BCUT2D eigenvalue weighted by Crippen LogP contribution is -1.92. The van der Waals surface area contributed by atoms with Gasteiger partial charge in [-0.25, -0.2) is 0 Å². The maximum atomic E-state index is 11.4. The second-order valence-electron chi connectivity index (χ2n) is 2.83. The Labute approximate surface area is 93.0 Å². The van der Waals surface area contributed by atoms with Crippen molar-refractivity contribution in [2.45, 2.75) is 24.9 Å². The van der Waals surface area contributed by atoms with Crippen LogP contribution in [0.15, 0.2) is 32.3 Å². The van der Waals surface area contributed by atoms with E-state index in [0.29, 0.717) is 0 Å². The molecule has 0 fully saturated rings. The molecular weight excluding hydrogens is 234 g/mol. The Kier molecular flexibility index (Phi) is 4.81. The molecule has 84 valence electrons. The van der Waals surface area contributed by atoms with Crippen molar-refractivity contribution in [1.29, 1.82) is 0 Å².